The largest absolute Gasteiger partial charge is 0.481 e. The number of carbonyl (C=O) groups is 4. The van der Waals surface area contributed by atoms with Gasteiger partial charge in [-0.15, -0.1) is 0 Å². The van der Waals surface area contributed by atoms with Crippen LogP contribution in [0.5, 0.6) is 0 Å². The van der Waals surface area contributed by atoms with Gasteiger partial charge in [-0.2, -0.15) is 0 Å². The number of nitrogens with zero attached hydrogens (tertiary/aromatic N) is 1. The Hall–Kier alpha value is -2.94. The zero-order valence-electron chi connectivity index (χ0n) is 15.5. The molecular weight excluding hydrogens is 366 g/mol. The number of hydrogen-bond donors (Lipinski definition) is 4. The average Bonchev–Trinajstić information content (AvgIpc) is 3.09. The maximum atomic E-state index is 13.2. The fourth-order valence-electron chi connectivity index (χ4n) is 3.60. The first-order valence-corrected chi connectivity index (χ1v) is 9.10. The lowest BCUT2D eigenvalue weighted by atomic mass is 9.86. The number of likely N-dealkylation sites (tertiary alicyclic amines) is 1. The Morgan fingerprint density at radius 3 is 2.43 bits per heavy atom. The highest BCUT2D eigenvalue weighted by atomic mass is 16.4. The number of carboxylic acid groups (broad SMARTS) is 2. The Morgan fingerprint density at radius 1 is 1.18 bits per heavy atom. The van der Waals surface area contributed by atoms with Crippen LogP contribution in [0.3, 0.4) is 0 Å². The highest BCUT2D eigenvalue weighted by Gasteiger charge is 2.50. The summed E-state index contributed by atoms with van der Waals surface area (Å²) < 4.78 is 0. The molecule has 1 aromatic rings. The predicted octanol–water partition coefficient (Wildman–Crippen LogP) is -0.0168. The predicted molar refractivity (Wildman–Crippen MR) is 99.3 cm³/mol. The molecule has 1 aliphatic heterocycles. The zero-order chi connectivity index (χ0) is 20.7. The minimum atomic E-state index is -1.35. The van der Waals surface area contributed by atoms with E-state index in [1.165, 1.54) is 4.90 Å². The smallest absolute Gasteiger partial charge is 0.326 e. The van der Waals surface area contributed by atoms with Crippen LogP contribution in [0.25, 0.3) is 0 Å². The van der Waals surface area contributed by atoms with Crippen LogP contribution >= 0.6 is 0 Å². The molecule has 1 saturated heterocycles. The number of carboxylic acids is 2. The van der Waals surface area contributed by atoms with Gasteiger partial charge in [0.05, 0.1) is 6.54 Å². The first-order valence-electron chi connectivity index (χ1n) is 9.10. The van der Waals surface area contributed by atoms with Crippen molar-refractivity contribution < 1.29 is 29.4 Å². The Kier molecular flexibility index (Phi) is 7.11. The second kappa shape index (κ2) is 9.32. The van der Waals surface area contributed by atoms with Crippen molar-refractivity contribution in [2.75, 3.05) is 13.1 Å². The van der Waals surface area contributed by atoms with E-state index in [-0.39, 0.29) is 25.3 Å². The van der Waals surface area contributed by atoms with Gasteiger partial charge in [0.25, 0.3) is 0 Å². The molecular formula is C19H25N3O6. The SMILES string of the molecule is NCC(=O)N1CCC[C@@]1(Cc1ccccc1)C(=O)N[C@@H](CCC(=O)O)C(=O)O. The quantitative estimate of drug-likeness (QED) is 0.462. The molecule has 9 nitrogen and oxygen atoms in total. The van der Waals surface area contributed by atoms with Gasteiger partial charge in [-0.25, -0.2) is 4.79 Å². The Balaban J connectivity index is 2.32. The van der Waals surface area contributed by atoms with Crippen LogP contribution in [-0.2, 0) is 25.6 Å². The second-order valence-corrected chi connectivity index (χ2v) is 6.84. The summed E-state index contributed by atoms with van der Waals surface area (Å²) in [6.45, 7) is 0.0916. The number of aliphatic carboxylic acids is 2. The average molecular weight is 391 g/mol. The van der Waals surface area contributed by atoms with Crippen molar-refractivity contribution in [2.24, 2.45) is 5.73 Å². The minimum Gasteiger partial charge on any atom is -0.481 e. The molecule has 0 aromatic heterocycles. The highest BCUT2D eigenvalue weighted by Crippen LogP contribution is 2.33. The van der Waals surface area contributed by atoms with Crippen LogP contribution in [0, 0.1) is 0 Å². The molecule has 2 rings (SSSR count). The Bertz CT molecular complexity index is 738. The van der Waals surface area contributed by atoms with Gasteiger partial charge >= 0.3 is 11.9 Å². The Labute approximate surface area is 162 Å². The lowest BCUT2D eigenvalue weighted by molar-refractivity contribution is -0.148. The molecule has 5 N–H and O–H groups in total. The molecule has 1 aromatic carbocycles. The summed E-state index contributed by atoms with van der Waals surface area (Å²) in [5.41, 5.74) is 5.09. The summed E-state index contributed by atoms with van der Waals surface area (Å²) in [4.78, 5) is 49.3. The topological polar surface area (TPSA) is 150 Å². The van der Waals surface area contributed by atoms with E-state index in [0.717, 1.165) is 5.56 Å². The summed E-state index contributed by atoms with van der Waals surface area (Å²) >= 11 is 0. The van der Waals surface area contributed by atoms with Crippen LogP contribution in [0.1, 0.15) is 31.2 Å². The zero-order valence-corrected chi connectivity index (χ0v) is 15.5. The van der Waals surface area contributed by atoms with Crippen LogP contribution < -0.4 is 11.1 Å². The maximum absolute atomic E-state index is 13.2. The van der Waals surface area contributed by atoms with Gasteiger partial charge in [0, 0.05) is 19.4 Å². The summed E-state index contributed by atoms with van der Waals surface area (Å²) in [5, 5.41) is 20.6. The van der Waals surface area contributed by atoms with Gasteiger partial charge in [0.1, 0.15) is 11.6 Å². The molecule has 28 heavy (non-hydrogen) atoms. The Morgan fingerprint density at radius 2 is 1.86 bits per heavy atom. The van der Waals surface area contributed by atoms with Gasteiger partial charge in [0.15, 0.2) is 0 Å². The van der Waals surface area contributed by atoms with Gasteiger partial charge in [-0.1, -0.05) is 30.3 Å². The highest BCUT2D eigenvalue weighted by molar-refractivity contribution is 5.95. The van der Waals surface area contributed by atoms with Gasteiger partial charge in [-0.05, 0) is 24.8 Å². The van der Waals surface area contributed by atoms with E-state index in [9.17, 15) is 24.3 Å². The molecule has 2 atom stereocenters. The molecule has 2 amide bonds. The molecule has 152 valence electrons. The van der Waals surface area contributed by atoms with Crippen molar-refractivity contribution in [1.82, 2.24) is 10.2 Å². The molecule has 1 aliphatic rings. The summed E-state index contributed by atoms with van der Waals surface area (Å²) in [5.74, 6) is -3.46. The third kappa shape index (κ3) is 4.86. The number of rotatable bonds is 9. The van der Waals surface area contributed by atoms with Gasteiger partial charge in [-0.3, -0.25) is 14.4 Å². The van der Waals surface area contributed by atoms with Crippen LogP contribution in [-0.4, -0.2) is 63.5 Å². The van der Waals surface area contributed by atoms with Crippen molar-refractivity contribution in [2.45, 2.75) is 43.7 Å². The molecule has 1 heterocycles. The normalized spacial score (nSPS) is 19.8. The van der Waals surface area contributed by atoms with Crippen molar-refractivity contribution in [3.05, 3.63) is 35.9 Å². The van der Waals surface area contributed by atoms with Crippen LogP contribution in [0.2, 0.25) is 0 Å². The second-order valence-electron chi connectivity index (χ2n) is 6.84. The molecule has 0 bridgehead atoms. The maximum Gasteiger partial charge on any atom is 0.326 e. The van der Waals surface area contributed by atoms with E-state index in [4.69, 9.17) is 10.8 Å². The van der Waals surface area contributed by atoms with Crippen molar-refractivity contribution in [3.8, 4) is 0 Å². The summed E-state index contributed by atoms with van der Waals surface area (Å²) in [6, 6.07) is 7.77. The molecule has 9 heteroatoms. The monoisotopic (exact) mass is 391 g/mol. The fraction of sp³-hybridized carbons (Fsp3) is 0.474. The number of benzene rings is 1. The van der Waals surface area contributed by atoms with E-state index in [2.05, 4.69) is 5.32 Å². The van der Waals surface area contributed by atoms with E-state index < -0.39 is 35.8 Å². The number of carbonyl (C=O) groups excluding carboxylic acids is 2. The first-order chi connectivity index (χ1) is 13.3. The van der Waals surface area contributed by atoms with Gasteiger partial charge in [0.2, 0.25) is 11.8 Å². The fourth-order valence-corrected chi connectivity index (χ4v) is 3.60. The van der Waals surface area contributed by atoms with Crippen LogP contribution in [0.15, 0.2) is 30.3 Å². The standard InChI is InChI=1S/C19H25N3O6/c20-12-15(23)22-10-4-9-19(22,11-13-5-2-1-3-6-13)18(28)21-14(17(26)27)7-8-16(24)25/h1-3,5-6,14H,4,7-12,20H2,(H,21,28)(H,24,25)(H,26,27)/t14-,19+/m0/s1. The van der Waals surface area contributed by atoms with Crippen molar-refractivity contribution in [1.29, 1.82) is 0 Å². The molecule has 0 radical (unpaired) electrons. The van der Waals surface area contributed by atoms with E-state index in [0.29, 0.717) is 19.4 Å². The number of amides is 2. The van der Waals surface area contributed by atoms with E-state index in [1.807, 2.05) is 30.3 Å². The lowest BCUT2D eigenvalue weighted by Gasteiger charge is -2.38. The number of nitrogens with one attached hydrogen (secondary N) is 1. The van der Waals surface area contributed by atoms with E-state index in [1.54, 1.807) is 0 Å². The first kappa shape index (κ1) is 21.4. The molecule has 0 unspecified atom stereocenters. The van der Waals surface area contributed by atoms with Gasteiger partial charge < -0.3 is 26.2 Å². The number of hydrogen-bond acceptors (Lipinski definition) is 5. The van der Waals surface area contributed by atoms with Crippen molar-refractivity contribution >= 4 is 23.8 Å². The molecule has 0 aliphatic carbocycles. The summed E-state index contributed by atoms with van der Waals surface area (Å²) in [7, 11) is 0. The lowest BCUT2D eigenvalue weighted by Crippen LogP contribution is -2.61. The van der Waals surface area contributed by atoms with Crippen molar-refractivity contribution in [3.63, 3.8) is 0 Å². The molecule has 1 fully saturated rings. The third-order valence-corrected chi connectivity index (χ3v) is 4.98. The molecule has 0 saturated carbocycles. The molecule has 0 spiro atoms. The third-order valence-electron chi connectivity index (χ3n) is 4.98. The van der Waals surface area contributed by atoms with Crippen LogP contribution in [0.4, 0.5) is 0 Å². The minimum absolute atomic E-state index is 0.219. The number of nitrogens with two attached hydrogens (primary N) is 1. The van der Waals surface area contributed by atoms with E-state index >= 15 is 0 Å². The summed E-state index contributed by atoms with van der Waals surface area (Å²) in [6.07, 6.45) is 0.525.